The standard InChI is InChI=1S/C16H23N5O2/c22-15(20-7-1-2-8-20)21-9-4-16(12-21)10-13(11-23-16)19-14-17-5-3-6-18-14/h3,5-6,13H,1-2,4,7-12H2,(H,17,18,19). The second kappa shape index (κ2) is 5.96. The number of nitrogens with zero attached hydrogens (tertiary/aromatic N) is 4. The Morgan fingerprint density at radius 2 is 2.00 bits per heavy atom. The molecule has 3 saturated heterocycles. The molecular weight excluding hydrogens is 294 g/mol. The predicted octanol–water partition coefficient (Wildman–Crippen LogP) is 1.34. The van der Waals surface area contributed by atoms with Crippen LogP contribution in [0.1, 0.15) is 25.7 Å². The van der Waals surface area contributed by atoms with Gasteiger partial charge in [0.05, 0.1) is 24.8 Å². The van der Waals surface area contributed by atoms with Gasteiger partial charge in [0.25, 0.3) is 0 Å². The monoisotopic (exact) mass is 317 g/mol. The van der Waals surface area contributed by atoms with Crippen molar-refractivity contribution in [1.82, 2.24) is 19.8 Å². The number of nitrogens with one attached hydrogen (secondary N) is 1. The summed E-state index contributed by atoms with van der Waals surface area (Å²) in [6.07, 6.45) is 7.53. The average molecular weight is 317 g/mol. The van der Waals surface area contributed by atoms with E-state index in [2.05, 4.69) is 15.3 Å². The Balaban J connectivity index is 1.34. The van der Waals surface area contributed by atoms with Crippen molar-refractivity contribution in [3.8, 4) is 0 Å². The highest BCUT2D eigenvalue weighted by Gasteiger charge is 2.47. The summed E-state index contributed by atoms with van der Waals surface area (Å²) in [5, 5.41) is 3.33. The number of urea groups is 1. The number of rotatable bonds is 2. The van der Waals surface area contributed by atoms with E-state index in [1.54, 1.807) is 18.5 Å². The lowest BCUT2D eigenvalue weighted by Gasteiger charge is -2.26. The Labute approximate surface area is 136 Å². The highest BCUT2D eigenvalue weighted by Crippen LogP contribution is 2.36. The maximum absolute atomic E-state index is 12.5. The number of hydrogen-bond acceptors (Lipinski definition) is 5. The fraction of sp³-hybridized carbons (Fsp3) is 0.688. The van der Waals surface area contributed by atoms with Gasteiger partial charge in [0, 0.05) is 38.4 Å². The first-order valence-electron chi connectivity index (χ1n) is 8.46. The minimum absolute atomic E-state index is 0.186. The molecule has 23 heavy (non-hydrogen) atoms. The normalized spacial score (nSPS) is 30.3. The summed E-state index contributed by atoms with van der Waals surface area (Å²) in [5.41, 5.74) is -0.193. The van der Waals surface area contributed by atoms with Crippen LogP contribution in [0.4, 0.5) is 10.7 Å². The van der Waals surface area contributed by atoms with E-state index in [0.717, 1.165) is 45.3 Å². The molecule has 3 aliphatic rings. The number of carbonyl (C=O) groups excluding carboxylic acids is 1. The van der Waals surface area contributed by atoms with Crippen LogP contribution in [0.15, 0.2) is 18.5 Å². The minimum Gasteiger partial charge on any atom is -0.371 e. The highest BCUT2D eigenvalue weighted by molar-refractivity contribution is 5.75. The van der Waals surface area contributed by atoms with Crippen LogP contribution in [0.5, 0.6) is 0 Å². The first-order chi connectivity index (χ1) is 11.2. The Hall–Kier alpha value is -1.89. The van der Waals surface area contributed by atoms with Crippen molar-refractivity contribution in [2.45, 2.75) is 37.3 Å². The third-order valence-corrected chi connectivity index (χ3v) is 5.07. The molecule has 2 atom stereocenters. The molecule has 2 unspecified atom stereocenters. The van der Waals surface area contributed by atoms with Crippen LogP contribution in [0.25, 0.3) is 0 Å². The molecule has 1 aromatic heterocycles. The molecule has 7 nitrogen and oxygen atoms in total. The highest BCUT2D eigenvalue weighted by atomic mass is 16.5. The van der Waals surface area contributed by atoms with Crippen LogP contribution >= 0.6 is 0 Å². The van der Waals surface area contributed by atoms with Crippen LogP contribution in [0.2, 0.25) is 0 Å². The van der Waals surface area contributed by atoms with Crippen LogP contribution in [-0.4, -0.2) is 70.2 Å². The number of hydrogen-bond donors (Lipinski definition) is 1. The van der Waals surface area contributed by atoms with Gasteiger partial charge in [-0.2, -0.15) is 0 Å². The van der Waals surface area contributed by atoms with E-state index < -0.39 is 0 Å². The zero-order valence-corrected chi connectivity index (χ0v) is 13.3. The number of anilines is 1. The molecule has 124 valence electrons. The summed E-state index contributed by atoms with van der Waals surface area (Å²) in [6, 6.07) is 2.20. The van der Waals surface area contributed by atoms with E-state index in [-0.39, 0.29) is 17.7 Å². The lowest BCUT2D eigenvalue weighted by Crippen LogP contribution is -2.43. The summed E-state index contributed by atoms with van der Waals surface area (Å²) in [6.45, 7) is 3.95. The van der Waals surface area contributed by atoms with Crippen LogP contribution in [0.3, 0.4) is 0 Å². The maximum Gasteiger partial charge on any atom is 0.320 e. The van der Waals surface area contributed by atoms with Gasteiger partial charge in [-0.3, -0.25) is 0 Å². The topological polar surface area (TPSA) is 70.6 Å². The van der Waals surface area contributed by atoms with E-state index >= 15 is 0 Å². The van der Waals surface area contributed by atoms with E-state index in [4.69, 9.17) is 4.74 Å². The second-order valence-corrected chi connectivity index (χ2v) is 6.76. The smallest absolute Gasteiger partial charge is 0.320 e. The molecule has 3 fully saturated rings. The molecule has 2 amide bonds. The number of amides is 2. The first kappa shape index (κ1) is 14.7. The third-order valence-electron chi connectivity index (χ3n) is 5.07. The first-order valence-corrected chi connectivity index (χ1v) is 8.46. The zero-order chi connectivity index (χ0) is 15.7. The molecule has 7 heteroatoms. The van der Waals surface area contributed by atoms with Gasteiger partial charge < -0.3 is 19.9 Å². The molecular formula is C16H23N5O2. The average Bonchev–Trinajstić information content (AvgIpc) is 3.31. The van der Waals surface area contributed by atoms with Gasteiger partial charge in [0.1, 0.15) is 0 Å². The maximum atomic E-state index is 12.5. The molecule has 1 aromatic rings. The predicted molar refractivity (Wildman–Crippen MR) is 85.1 cm³/mol. The van der Waals surface area contributed by atoms with Gasteiger partial charge in [0.2, 0.25) is 5.95 Å². The summed E-state index contributed by atoms with van der Waals surface area (Å²) in [4.78, 5) is 24.9. The number of carbonyl (C=O) groups is 1. The van der Waals surface area contributed by atoms with Gasteiger partial charge in [-0.25, -0.2) is 14.8 Å². The van der Waals surface area contributed by atoms with Gasteiger partial charge in [0.15, 0.2) is 0 Å². The van der Waals surface area contributed by atoms with E-state index in [1.165, 1.54) is 0 Å². The van der Waals surface area contributed by atoms with Crippen molar-refractivity contribution >= 4 is 12.0 Å². The third kappa shape index (κ3) is 2.97. The number of likely N-dealkylation sites (tertiary alicyclic amines) is 2. The Morgan fingerprint density at radius 1 is 1.22 bits per heavy atom. The summed E-state index contributed by atoms with van der Waals surface area (Å²) < 4.78 is 6.10. The second-order valence-electron chi connectivity index (χ2n) is 6.76. The molecule has 3 aliphatic heterocycles. The number of aromatic nitrogens is 2. The van der Waals surface area contributed by atoms with Crippen molar-refractivity contribution in [2.24, 2.45) is 0 Å². The van der Waals surface area contributed by atoms with Crippen molar-refractivity contribution in [3.63, 3.8) is 0 Å². The Bertz CT molecular complexity index is 563. The fourth-order valence-corrected chi connectivity index (χ4v) is 3.89. The summed E-state index contributed by atoms with van der Waals surface area (Å²) >= 11 is 0. The van der Waals surface area contributed by atoms with E-state index in [9.17, 15) is 4.79 Å². The van der Waals surface area contributed by atoms with E-state index in [0.29, 0.717) is 19.1 Å². The van der Waals surface area contributed by atoms with Crippen molar-refractivity contribution in [2.75, 3.05) is 38.1 Å². The largest absolute Gasteiger partial charge is 0.371 e. The Morgan fingerprint density at radius 3 is 2.78 bits per heavy atom. The van der Waals surface area contributed by atoms with Crippen LogP contribution < -0.4 is 5.32 Å². The van der Waals surface area contributed by atoms with Crippen molar-refractivity contribution in [1.29, 1.82) is 0 Å². The number of ether oxygens (including phenoxy) is 1. The van der Waals surface area contributed by atoms with Gasteiger partial charge in [-0.1, -0.05) is 0 Å². The zero-order valence-electron chi connectivity index (χ0n) is 13.3. The van der Waals surface area contributed by atoms with Gasteiger partial charge >= 0.3 is 6.03 Å². The van der Waals surface area contributed by atoms with E-state index in [1.807, 2.05) is 9.80 Å². The van der Waals surface area contributed by atoms with Crippen LogP contribution in [-0.2, 0) is 4.74 Å². The lowest BCUT2D eigenvalue weighted by molar-refractivity contribution is 0.0141. The molecule has 0 saturated carbocycles. The molecule has 4 heterocycles. The summed E-state index contributed by atoms with van der Waals surface area (Å²) in [5.74, 6) is 0.640. The van der Waals surface area contributed by atoms with Gasteiger partial charge in [-0.05, 0) is 25.3 Å². The van der Waals surface area contributed by atoms with Crippen LogP contribution in [0, 0.1) is 0 Å². The van der Waals surface area contributed by atoms with Crippen molar-refractivity contribution < 1.29 is 9.53 Å². The fourth-order valence-electron chi connectivity index (χ4n) is 3.89. The SMILES string of the molecule is O=C(N1CCCC1)N1CCC2(CC(Nc3ncccn3)CO2)C1. The molecule has 0 aromatic carbocycles. The Kier molecular flexibility index (Phi) is 3.80. The summed E-state index contributed by atoms with van der Waals surface area (Å²) in [7, 11) is 0. The van der Waals surface area contributed by atoms with Crippen molar-refractivity contribution in [3.05, 3.63) is 18.5 Å². The molecule has 1 N–H and O–H groups in total. The minimum atomic E-state index is -0.193. The molecule has 4 rings (SSSR count). The quantitative estimate of drug-likeness (QED) is 0.891. The molecule has 0 aliphatic carbocycles. The molecule has 0 bridgehead atoms. The molecule has 1 spiro atoms. The lowest BCUT2D eigenvalue weighted by atomic mass is 9.97. The van der Waals surface area contributed by atoms with Gasteiger partial charge in [-0.15, -0.1) is 0 Å². The molecule has 0 radical (unpaired) electrons.